The average molecular weight is 230 g/mol. The van der Waals surface area contributed by atoms with E-state index in [9.17, 15) is 5.11 Å². The summed E-state index contributed by atoms with van der Waals surface area (Å²) in [5.74, 6) is 0.00751. The van der Waals surface area contributed by atoms with E-state index in [0.29, 0.717) is 18.1 Å². The van der Waals surface area contributed by atoms with Crippen molar-refractivity contribution in [2.24, 2.45) is 0 Å². The smallest absolute Gasteiger partial charge is 0.223 e. The summed E-state index contributed by atoms with van der Waals surface area (Å²) >= 11 is 1.34. The van der Waals surface area contributed by atoms with E-state index in [1.54, 1.807) is 5.38 Å². The predicted molar refractivity (Wildman–Crippen MR) is 57.3 cm³/mol. The Labute approximate surface area is 91.6 Å². The number of anilines is 1. The summed E-state index contributed by atoms with van der Waals surface area (Å²) < 4.78 is 0. The van der Waals surface area contributed by atoms with Crippen molar-refractivity contribution in [3.05, 3.63) is 5.38 Å². The van der Waals surface area contributed by atoms with Gasteiger partial charge in [-0.25, -0.2) is 0 Å². The lowest BCUT2D eigenvalue weighted by molar-refractivity contribution is -0.0241. The van der Waals surface area contributed by atoms with Gasteiger partial charge in [0, 0.05) is 6.54 Å². The zero-order valence-electron chi connectivity index (χ0n) is 8.26. The van der Waals surface area contributed by atoms with E-state index in [1.807, 2.05) is 4.90 Å². The van der Waals surface area contributed by atoms with Crippen molar-refractivity contribution in [1.82, 2.24) is 4.98 Å². The molecule has 2 rings (SSSR count). The van der Waals surface area contributed by atoms with Gasteiger partial charge in [0.2, 0.25) is 5.88 Å². The second-order valence-electron chi connectivity index (χ2n) is 3.90. The van der Waals surface area contributed by atoms with Crippen LogP contribution in [0.3, 0.4) is 0 Å². The van der Waals surface area contributed by atoms with Crippen LogP contribution in [0, 0.1) is 0 Å². The number of aromatic nitrogens is 1. The highest BCUT2D eigenvalue weighted by molar-refractivity contribution is 7.13. The minimum atomic E-state index is -1.03. The van der Waals surface area contributed by atoms with Gasteiger partial charge in [0.1, 0.15) is 5.60 Å². The van der Waals surface area contributed by atoms with E-state index in [-0.39, 0.29) is 12.5 Å². The van der Waals surface area contributed by atoms with Crippen molar-refractivity contribution in [3.8, 4) is 5.88 Å². The summed E-state index contributed by atoms with van der Waals surface area (Å²) in [6.45, 7) is 0.937. The minimum absolute atomic E-state index is 0.00751. The normalized spacial score (nSPS) is 26.9. The second-order valence-corrected chi connectivity index (χ2v) is 4.73. The maximum atomic E-state index is 9.94. The van der Waals surface area contributed by atoms with Gasteiger partial charge >= 0.3 is 0 Å². The third kappa shape index (κ3) is 2.22. The fourth-order valence-electron chi connectivity index (χ4n) is 1.81. The summed E-state index contributed by atoms with van der Waals surface area (Å²) in [5, 5.41) is 30.4. The van der Waals surface area contributed by atoms with Crippen LogP contribution < -0.4 is 4.90 Å². The molecule has 1 aliphatic rings. The molecule has 1 saturated heterocycles. The standard InChI is InChI=1S/C9H14N2O3S/c12-6-9(14)2-1-3-11(5-9)8-10-7(13)4-15-8/h4,12-14H,1-3,5-6H2. The van der Waals surface area contributed by atoms with E-state index in [1.165, 1.54) is 11.3 Å². The first-order valence-corrected chi connectivity index (χ1v) is 5.74. The lowest BCUT2D eigenvalue weighted by Gasteiger charge is -2.37. The summed E-state index contributed by atoms with van der Waals surface area (Å²) in [6.07, 6.45) is 1.43. The number of rotatable bonds is 2. The van der Waals surface area contributed by atoms with Gasteiger partial charge in [0.25, 0.3) is 0 Å². The lowest BCUT2D eigenvalue weighted by atomic mass is 9.94. The van der Waals surface area contributed by atoms with Crippen molar-refractivity contribution in [2.75, 3.05) is 24.6 Å². The molecule has 1 aromatic rings. The number of hydrogen-bond acceptors (Lipinski definition) is 6. The van der Waals surface area contributed by atoms with Crippen LogP contribution in [0.15, 0.2) is 5.38 Å². The summed E-state index contributed by atoms with van der Waals surface area (Å²) in [7, 11) is 0. The van der Waals surface area contributed by atoms with Crippen LogP contribution in [-0.2, 0) is 0 Å². The number of piperidine rings is 1. The van der Waals surface area contributed by atoms with Gasteiger partial charge in [-0.2, -0.15) is 4.98 Å². The Hall–Kier alpha value is -0.850. The Morgan fingerprint density at radius 2 is 2.40 bits per heavy atom. The van der Waals surface area contributed by atoms with Crippen LogP contribution in [0.5, 0.6) is 5.88 Å². The molecule has 0 bridgehead atoms. The van der Waals surface area contributed by atoms with E-state index in [4.69, 9.17) is 10.2 Å². The Kier molecular flexibility index (Phi) is 2.81. The number of nitrogens with zero attached hydrogens (tertiary/aromatic N) is 2. The maximum absolute atomic E-state index is 9.94. The first kappa shape index (κ1) is 10.7. The number of thiazole rings is 1. The van der Waals surface area contributed by atoms with Crippen molar-refractivity contribution in [3.63, 3.8) is 0 Å². The quantitative estimate of drug-likeness (QED) is 0.675. The monoisotopic (exact) mass is 230 g/mol. The Bertz CT molecular complexity index is 344. The highest BCUT2D eigenvalue weighted by Gasteiger charge is 2.33. The predicted octanol–water partition coefficient (Wildman–Crippen LogP) is 0.172. The maximum Gasteiger partial charge on any atom is 0.223 e. The van der Waals surface area contributed by atoms with Crippen molar-refractivity contribution in [2.45, 2.75) is 18.4 Å². The number of β-amino-alcohol motifs (C(OH)–C–C–N with tert-alkyl or cyclic N) is 1. The highest BCUT2D eigenvalue weighted by atomic mass is 32.1. The molecule has 1 unspecified atom stereocenters. The van der Waals surface area contributed by atoms with Crippen molar-refractivity contribution in [1.29, 1.82) is 0 Å². The molecule has 1 aliphatic heterocycles. The molecule has 1 atom stereocenters. The molecule has 6 heteroatoms. The average Bonchev–Trinajstić information content (AvgIpc) is 2.65. The van der Waals surface area contributed by atoms with Crippen molar-refractivity contribution >= 4 is 16.5 Å². The van der Waals surface area contributed by atoms with Gasteiger partial charge in [0.05, 0.1) is 18.5 Å². The van der Waals surface area contributed by atoms with E-state index in [2.05, 4.69) is 4.98 Å². The minimum Gasteiger partial charge on any atom is -0.493 e. The molecule has 1 aromatic heterocycles. The van der Waals surface area contributed by atoms with E-state index < -0.39 is 5.60 Å². The fraction of sp³-hybridized carbons (Fsp3) is 0.667. The second kappa shape index (κ2) is 3.96. The molecule has 1 fully saturated rings. The molecule has 2 heterocycles. The van der Waals surface area contributed by atoms with Crippen LogP contribution in [0.25, 0.3) is 0 Å². The van der Waals surface area contributed by atoms with E-state index >= 15 is 0 Å². The first-order chi connectivity index (χ1) is 7.13. The molecule has 84 valence electrons. The van der Waals surface area contributed by atoms with E-state index in [0.717, 1.165) is 13.0 Å². The van der Waals surface area contributed by atoms with Gasteiger partial charge in [-0.1, -0.05) is 0 Å². The molecule has 0 aromatic carbocycles. The van der Waals surface area contributed by atoms with Crippen molar-refractivity contribution < 1.29 is 15.3 Å². The number of aromatic hydroxyl groups is 1. The molecule has 0 amide bonds. The lowest BCUT2D eigenvalue weighted by Crippen LogP contribution is -2.50. The van der Waals surface area contributed by atoms with Gasteiger partial charge in [-0.05, 0) is 12.8 Å². The zero-order chi connectivity index (χ0) is 10.9. The Balaban J connectivity index is 2.11. The molecular formula is C9H14N2O3S. The topological polar surface area (TPSA) is 76.8 Å². The highest BCUT2D eigenvalue weighted by Crippen LogP contribution is 2.29. The first-order valence-electron chi connectivity index (χ1n) is 4.86. The van der Waals surface area contributed by atoms with Crippen LogP contribution in [-0.4, -0.2) is 45.6 Å². The van der Waals surface area contributed by atoms with Gasteiger partial charge in [-0.3, -0.25) is 0 Å². The van der Waals surface area contributed by atoms with Gasteiger partial charge in [0.15, 0.2) is 5.13 Å². The fourth-order valence-corrected chi connectivity index (χ4v) is 2.52. The Morgan fingerprint density at radius 3 is 3.00 bits per heavy atom. The largest absolute Gasteiger partial charge is 0.493 e. The molecule has 0 spiro atoms. The van der Waals surface area contributed by atoms with Gasteiger partial charge < -0.3 is 20.2 Å². The third-order valence-electron chi connectivity index (χ3n) is 2.60. The van der Waals surface area contributed by atoms with Gasteiger partial charge in [-0.15, -0.1) is 11.3 Å². The molecule has 3 N–H and O–H groups in total. The molecular weight excluding hydrogens is 216 g/mol. The number of hydrogen-bond donors (Lipinski definition) is 3. The molecule has 0 radical (unpaired) electrons. The Morgan fingerprint density at radius 1 is 1.60 bits per heavy atom. The van der Waals surface area contributed by atoms with Crippen LogP contribution in [0.1, 0.15) is 12.8 Å². The zero-order valence-corrected chi connectivity index (χ0v) is 9.07. The summed E-state index contributed by atoms with van der Waals surface area (Å²) in [5.41, 5.74) is -1.03. The number of aliphatic hydroxyl groups is 2. The van der Waals surface area contributed by atoms with Crippen LogP contribution in [0.2, 0.25) is 0 Å². The molecule has 5 nitrogen and oxygen atoms in total. The third-order valence-corrected chi connectivity index (χ3v) is 3.49. The molecule has 0 saturated carbocycles. The molecule has 0 aliphatic carbocycles. The summed E-state index contributed by atoms with van der Waals surface area (Å²) in [6, 6.07) is 0. The molecule has 15 heavy (non-hydrogen) atoms. The van der Waals surface area contributed by atoms with Crippen LogP contribution in [0.4, 0.5) is 5.13 Å². The van der Waals surface area contributed by atoms with Crippen LogP contribution >= 0.6 is 11.3 Å². The number of aliphatic hydroxyl groups excluding tert-OH is 1. The summed E-state index contributed by atoms with van der Waals surface area (Å²) in [4.78, 5) is 5.83. The SMILES string of the molecule is OCC1(O)CCCN(c2nc(O)cs2)C1.